The van der Waals surface area contributed by atoms with E-state index in [0.29, 0.717) is 28.9 Å². The van der Waals surface area contributed by atoms with Gasteiger partial charge in [-0.25, -0.2) is 9.97 Å². The molecule has 0 aliphatic heterocycles. The predicted octanol–water partition coefficient (Wildman–Crippen LogP) is 5.60. The number of rotatable bonds is 7. The Morgan fingerprint density at radius 2 is 1.93 bits per heavy atom. The van der Waals surface area contributed by atoms with E-state index in [1.165, 1.54) is 6.33 Å². The van der Waals surface area contributed by atoms with Crippen molar-refractivity contribution in [1.82, 2.24) is 15.0 Å². The molecule has 2 aromatic heterocycles. The number of aromatic nitrogens is 3. The third-order valence-corrected chi connectivity index (χ3v) is 4.54. The van der Waals surface area contributed by atoms with Crippen molar-refractivity contribution in [2.45, 2.75) is 19.6 Å². The Balaban J connectivity index is 1.57. The molecule has 0 aliphatic carbocycles. The minimum atomic E-state index is -0.214. The number of fused-ring (bicyclic) bond motifs is 1. The second-order valence-electron chi connectivity index (χ2n) is 6.68. The Labute approximate surface area is 179 Å². The topological polar surface area (TPSA) is 69.2 Å². The van der Waals surface area contributed by atoms with E-state index < -0.39 is 0 Å². The van der Waals surface area contributed by atoms with E-state index in [0.717, 1.165) is 22.3 Å². The number of benzene rings is 2. The second-order valence-corrected chi connectivity index (χ2v) is 7.09. The van der Waals surface area contributed by atoms with E-state index in [2.05, 4.69) is 27.2 Å². The van der Waals surface area contributed by atoms with Gasteiger partial charge in [-0.2, -0.15) is 0 Å². The summed E-state index contributed by atoms with van der Waals surface area (Å²) in [7, 11) is 0. The molecule has 4 rings (SSSR count). The second kappa shape index (κ2) is 8.97. The van der Waals surface area contributed by atoms with Gasteiger partial charge in [0.1, 0.15) is 30.3 Å². The predicted molar refractivity (Wildman–Crippen MR) is 118 cm³/mol. The highest BCUT2D eigenvalue weighted by atomic mass is 35.5. The number of nitrogens with zero attached hydrogens (tertiary/aromatic N) is 3. The first-order chi connectivity index (χ1) is 14.6. The van der Waals surface area contributed by atoms with Crippen LogP contribution in [0.2, 0.25) is 5.02 Å². The smallest absolute Gasteiger partial charge is 0.145 e. The maximum atomic E-state index is 6.43. The quantitative estimate of drug-likeness (QED) is 0.420. The van der Waals surface area contributed by atoms with Gasteiger partial charge < -0.3 is 14.8 Å². The molecule has 0 bridgehead atoms. The number of hydrogen-bond acceptors (Lipinski definition) is 6. The van der Waals surface area contributed by atoms with Crippen LogP contribution >= 0.6 is 11.6 Å². The van der Waals surface area contributed by atoms with Crippen LogP contribution in [0.4, 0.5) is 11.5 Å². The summed E-state index contributed by atoms with van der Waals surface area (Å²) in [5, 5.41) is 4.56. The highest BCUT2D eigenvalue weighted by Crippen LogP contribution is 2.34. The minimum absolute atomic E-state index is 0.214. The summed E-state index contributed by atoms with van der Waals surface area (Å²) < 4.78 is 11.6. The zero-order valence-corrected chi connectivity index (χ0v) is 17.1. The summed E-state index contributed by atoms with van der Waals surface area (Å²) in [6.45, 7) is 6.11. The van der Waals surface area contributed by atoms with Crippen molar-refractivity contribution < 1.29 is 9.47 Å². The molecular weight excluding hydrogens is 400 g/mol. The van der Waals surface area contributed by atoms with Gasteiger partial charge >= 0.3 is 0 Å². The maximum Gasteiger partial charge on any atom is 0.145 e. The number of pyridine rings is 1. The fourth-order valence-electron chi connectivity index (χ4n) is 2.96. The van der Waals surface area contributed by atoms with Crippen molar-refractivity contribution in [3.63, 3.8) is 0 Å². The first kappa shape index (κ1) is 19.9. The monoisotopic (exact) mass is 419 g/mol. The molecule has 4 aromatic rings. The molecule has 1 N–H and O–H groups in total. The molecule has 1 radical (unpaired) electrons. The van der Waals surface area contributed by atoms with Gasteiger partial charge in [0.25, 0.3) is 0 Å². The van der Waals surface area contributed by atoms with Gasteiger partial charge in [-0.1, -0.05) is 23.7 Å². The summed E-state index contributed by atoms with van der Waals surface area (Å²) in [6, 6.07) is 16.8. The Bertz CT molecular complexity index is 1150. The zero-order valence-electron chi connectivity index (χ0n) is 16.4. The molecule has 2 aromatic carbocycles. The lowest BCUT2D eigenvalue weighted by Gasteiger charge is -2.15. The summed E-state index contributed by atoms with van der Waals surface area (Å²) in [5.41, 5.74) is 2.37. The van der Waals surface area contributed by atoms with Crippen LogP contribution in [0, 0.1) is 6.92 Å². The molecule has 0 aliphatic rings. The van der Waals surface area contributed by atoms with Gasteiger partial charge in [0.05, 0.1) is 27.7 Å². The van der Waals surface area contributed by atoms with Gasteiger partial charge in [0.15, 0.2) is 0 Å². The molecule has 1 atom stereocenters. The van der Waals surface area contributed by atoms with Gasteiger partial charge in [-0.05, 0) is 56.3 Å². The molecule has 0 amide bonds. The molecule has 6 nitrogen and oxygen atoms in total. The summed E-state index contributed by atoms with van der Waals surface area (Å²) >= 11 is 6.43. The largest absolute Gasteiger partial charge is 0.490 e. The standard InChI is InChI=1S/C23H20ClN4O2/c1-15(2)30-21-8-5-7-19-22(21)23(27-14-26-19)28-16-9-10-20(18(24)12-16)29-13-17-6-3-4-11-25-17/h3-12,14-15H,1,13H2,2H3,(H,26,27,28)/t15-/m0/s1. The first-order valence-electron chi connectivity index (χ1n) is 9.43. The molecular formula is C23H20ClN4O2. The number of hydrogen-bond donors (Lipinski definition) is 1. The van der Waals surface area contributed by atoms with Crippen molar-refractivity contribution in [1.29, 1.82) is 0 Å². The van der Waals surface area contributed by atoms with Crippen molar-refractivity contribution in [3.05, 3.63) is 84.8 Å². The third kappa shape index (κ3) is 4.60. The number of ether oxygens (including phenoxy) is 2. The summed E-state index contributed by atoms with van der Waals surface area (Å²) in [4.78, 5) is 13.0. The van der Waals surface area contributed by atoms with Crippen LogP contribution < -0.4 is 14.8 Å². The zero-order chi connectivity index (χ0) is 20.9. The fourth-order valence-corrected chi connectivity index (χ4v) is 3.19. The maximum absolute atomic E-state index is 6.43. The molecule has 0 fully saturated rings. The lowest BCUT2D eigenvalue weighted by atomic mass is 10.2. The average Bonchev–Trinajstić information content (AvgIpc) is 2.74. The van der Waals surface area contributed by atoms with Gasteiger partial charge in [-0.15, -0.1) is 0 Å². The van der Waals surface area contributed by atoms with Gasteiger partial charge in [0, 0.05) is 11.9 Å². The third-order valence-electron chi connectivity index (χ3n) is 4.25. The van der Waals surface area contributed by atoms with Crippen LogP contribution in [-0.4, -0.2) is 21.1 Å². The van der Waals surface area contributed by atoms with E-state index in [9.17, 15) is 0 Å². The van der Waals surface area contributed by atoms with E-state index >= 15 is 0 Å². The SMILES string of the molecule is [CH2][C@@H](C)Oc1cccc2ncnc(Nc3ccc(OCc4ccccn4)c(Cl)c3)c12. The van der Waals surface area contributed by atoms with Crippen LogP contribution in [0.25, 0.3) is 10.9 Å². The number of halogens is 1. The van der Waals surface area contributed by atoms with E-state index in [-0.39, 0.29) is 6.10 Å². The summed E-state index contributed by atoms with van der Waals surface area (Å²) in [5.74, 6) is 1.87. The normalized spacial score (nSPS) is 10.9. The molecule has 0 unspecified atom stereocenters. The summed E-state index contributed by atoms with van der Waals surface area (Å²) in [6.07, 6.45) is 3.02. The molecule has 7 heteroatoms. The lowest BCUT2D eigenvalue weighted by molar-refractivity contribution is 0.271. The van der Waals surface area contributed by atoms with Crippen LogP contribution in [0.3, 0.4) is 0 Å². The van der Waals surface area contributed by atoms with E-state index in [1.807, 2.05) is 55.5 Å². The van der Waals surface area contributed by atoms with Crippen molar-refractivity contribution in [2.24, 2.45) is 0 Å². The number of anilines is 2. The van der Waals surface area contributed by atoms with Crippen molar-refractivity contribution in [3.8, 4) is 11.5 Å². The minimum Gasteiger partial charge on any atom is -0.490 e. The highest BCUT2D eigenvalue weighted by molar-refractivity contribution is 6.32. The molecule has 0 saturated carbocycles. The molecule has 151 valence electrons. The van der Waals surface area contributed by atoms with Crippen LogP contribution in [-0.2, 0) is 6.61 Å². The average molecular weight is 420 g/mol. The van der Waals surface area contributed by atoms with Gasteiger partial charge in [-0.3, -0.25) is 4.98 Å². The highest BCUT2D eigenvalue weighted by Gasteiger charge is 2.12. The van der Waals surface area contributed by atoms with Crippen LogP contribution in [0.1, 0.15) is 12.6 Å². The van der Waals surface area contributed by atoms with Crippen molar-refractivity contribution >= 4 is 34.0 Å². The Hall–Kier alpha value is -3.38. The van der Waals surface area contributed by atoms with E-state index in [1.54, 1.807) is 12.3 Å². The van der Waals surface area contributed by atoms with E-state index in [4.69, 9.17) is 21.1 Å². The molecule has 2 heterocycles. The fraction of sp³-hybridized carbons (Fsp3) is 0.130. The van der Waals surface area contributed by atoms with Crippen molar-refractivity contribution in [2.75, 3.05) is 5.32 Å². The Morgan fingerprint density at radius 1 is 1.03 bits per heavy atom. The Kier molecular flexibility index (Phi) is 5.95. The number of nitrogens with one attached hydrogen (secondary N) is 1. The van der Waals surface area contributed by atoms with Gasteiger partial charge in [0.2, 0.25) is 0 Å². The molecule has 0 spiro atoms. The van der Waals surface area contributed by atoms with Crippen LogP contribution in [0.15, 0.2) is 67.1 Å². The molecule has 0 saturated heterocycles. The first-order valence-corrected chi connectivity index (χ1v) is 9.80. The Morgan fingerprint density at radius 3 is 2.70 bits per heavy atom. The van der Waals surface area contributed by atoms with Crippen LogP contribution in [0.5, 0.6) is 11.5 Å². The molecule has 30 heavy (non-hydrogen) atoms. The lowest BCUT2D eigenvalue weighted by Crippen LogP contribution is -2.07.